The van der Waals surface area contributed by atoms with E-state index in [1.165, 1.54) is 13.2 Å². The number of hydrogen-bond acceptors (Lipinski definition) is 5. The van der Waals surface area contributed by atoms with Crippen LogP contribution in [0.25, 0.3) is 0 Å². The van der Waals surface area contributed by atoms with Crippen LogP contribution in [0.15, 0.2) is 23.1 Å². The maximum atomic E-state index is 10.9. The molecule has 0 unspecified atom stereocenters. The van der Waals surface area contributed by atoms with E-state index in [2.05, 4.69) is 4.74 Å². The Bertz CT molecular complexity index is 456. The van der Waals surface area contributed by atoms with Gasteiger partial charge in [0.1, 0.15) is 10.6 Å². The Morgan fingerprint density at radius 2 is 2.06 bits per heavy atom. The molecule has 0 fully saturated rings. The molecule has 0 radical (unpaired) electrons. The highest BCUT2D eigenvalue weighted by Crippen LogP contribution is 2.21. The Balaban J connectivity index is 2.92. The highest BCUT2D eigenvalue weighted by atomic mass is 32.2. The topological polar surface area (TPSA) is 69.7 Å². The molecule has 1 aromatic carbocycles. The van der Waals surface area contributed by atoms with Crippen LogP contribution < -0.4 is 4.74 Å². The van der Waals surface area contributed by atoms with Crippen LogP contribution in [0.1, 0.15) is 5.56 Å². The Labute approximate surface area is 94.9 Å². The molecule has 0 aliphatic rings. The molecular weight excluding hydrogens is 232 g/mol. The zero-order valence-corrected chi connectivity index (χ0v) is 9.82. The minimum absolute atomic E-state index is 0.0597. The molecule has 0 heterocycles. The summed E-state index contributed by atoms with van der Waals surface area (Å²) in [5, 5.41) is 0. The number of benzene rings is 1. The molecule has 0 atom stereocenters. The second kappa shape index (κ2) is 5.50. The molecule has 5 nitrogen and oxygen atoms in total. The van der Waals surface area contributed by atoms with Gasteiger partial charge in [-0.2, -0.15) is 0 Å². The van der Waals surface area contributed by atoms with Crippen LogP contribution in [-0.4, -0.2) is 28.1 Å². The fourth-order valence-electron chi connectivity index (χ4n) is 1.08. The van der Waals surface area contributed by atoms with Gasteiger partial charge in [-0.05, 0) is 24.6 Å². The van der Waals surface area contributed by atoms with Gasteiger partial charge in [0, 0.05) is 0 Å². The first kappa shape index (κ1) is 12.5. The fraction of sp³-hybridized carbons (Fsp3) is 0.300. The number of esters is 1. The first-order chi connectivity index (χ1) is 7.54. The zero-order valence-electron chi connectivity index (χ0n) is 8.93. The summed E-state index contributed by atoms with van der Waals surface area (Å²) in [4.78, 5) is 10.9. The van der Waals surface area contributed by atoms with E-state index in [0.717, 1.165) is 5.56 Å². The van der Waals surface area contributed by atoms with Crippen LogP contribution in [0.3, 0.4) is 0 Å². The minimum atomic E-state index is -2.74. The first-order valence-corrected chi connectivity index (χ1v) is 5.67. The van der Waals surface area contributed by atoms with Gasteiger partial charge in [0.15, 0.2) is 17.3 Å². The van der Waals surface area contributed by atoms with Gasteiger partial charge in [0.2, 0.25) is 0 Å². The number of carbonyl (C=O) groups excluding carboxylic acids is 1. The van der Waals surface area contributed by atoms with E-state index < -0.39 is 16.7 Å². The maximum absolute atomic E-state index is 10.9. The third-order valence-corrected chi connectivity index (χ3v) is 2.65. The lowest BCUT2D eigenvalue weighted by Crippen LogP contribution is -2.13. The van der Waals surface area contributed by atoms with Crippen molar-refractivity contribution in [1.82, 2.24) is 0 Å². The number of methoxy groups -OCH3 is 1. The standard InChI is InChI=1S/C10H12O5S/c1-7-3-4-9(16(12)13)8(5-7)15-6-10(11)14-2/h3-5,16H,6H2,1-2H3. The third-order valence-electron chi connectivity index (χ3n) is 1.89. The van der Waals surface area contributed by atoms with Crippen molar-refractivity contribution in [2.75, 3.05) is 13.7 Å². The second-order valence-corrected chi connectivity index (χ2v) is 4.09. The van der Waals surface area contributed by atoms with Crippen molar-refractivity contribution >= 4 is 16.7 Å². The third kappa shape index (κ3) is 3.23. The van der Waals surface area contributed by atoms with Gasteiger partial charge < -0.3 is 9.47 Å². The Morgan fingerprint density at radius 3 is 2.62 bits per heavy atom. The number of aryl methyl sites for hydroxylation is 1. The van der Waals surface area contributed by atoms with E-state index in [0.29, 0.717) is 0 Å². The largest absolute Gasteiger partial charge is 0.481 e. The van der Waals surface area contributed by atoms with Gasteiger partial charge in [-0.15, -0.1) is 0 Å². The van der Waals surface area contributed by atoms with Crippen LogP contribution in [0, 0.1) is 6.92 Å². The molecule has 0 saturated carbocycles. The molecule has 16 heavy (non-hydrogen) atoms. The lowest BCUT2D eigenvalue weighted by molar-refractivity contribution is -0.142. The van der Waals surface area contributed by atoms with Gasteiger partial charge in [0.25, 0.3) is 0 Å². The summed E-state index contributed by atoms with van der Waals surface area (Å²) in [6.45, 7) is 1.49. The summed E-state index contributed by atoms with van der Waals surface area (Å²) in [5.41, 5.74) is 0.848. The maximum Gasteiger partial charge on any atom is 0.343 e. The number of thiol groups is 1. The van der Waals surface area contributed by atoms with E-state index in [9.17, 15) is 13.2 Å². The fourth-order valence-corrected chi connectivity index (χ4v) is 1.59. The number of ether oxygens (including phenoxy) is 2. The van der Waals surface area contributed by atoms with Gasteiger partial charge in [0.05, 0.1) is 7.11 Å². The van der Waals surface area contributed by atoms with Crippen LogP contribution in [0.4, 0.5) is 0 Å². The molecule has 0 aromatic heterocycles. The molecule has 1 aromatic rings. The number of hydrogen-bond donors (Lipinski definition) is 1. The average molecular weight is 244 g/mol. The monoisotopic (exact) mass is 244 g/mol. The second-order valence-electron chi connectivity index (χ2n) is 3.09. The Morgan fingerprint density at radius 1 is 1.38 bits per heavy atom. The smallest absolute Gasteiger partial charge is 0.343 e. The summed E-state index contributed by atoms with van der Waals surface area (Å²) in [6.07, 6.45) is 0. The summed E-state index contributed by atoms with van der Waals surface area (Å²) >= 11 is 0. The SMILES string of the molecule is COC(=O)COc1cc(C)ccc1[SH](=O)=O. The molecule has 6 heteroatoms. The molecule has 0 saturated heterocycles. The molecule has 0 aliphatic heterocycles. The molecule has 1 rings (SSSR count). The van der Waals surface area contributed by atoms with Crippen LogP contribution >= 0.6 is 0 Å². The molecule has 0 amide bonds. The van der Waals surface area contributed by atoms with Crippen molar-refractivity contribution in [3.63, 3.8) is 0 Å². The molecule has 0 spiro atoms. The number of carbonyl (C=O) groups is 1. The summed E-state index contributed by atoms with van der Waals surface area (Å²) < 4.78 is 31.2. The highest BCUT2D eigenvalue weighted by molar-refractivity contribution is 7.72. The lowest BCUT2D eigenvalue weighted by atomic mass is 10.2. The van der Waals surface area contributed by atoms with Crippen molar-refractivity contribution in [3.05, 3.63) is 23.8 Å². The van der Waals surface area contributed by atoms with Crippen LogP contribution in [0.2, 0.25) is 0 Å². The van der Waals surface area contributed by atoms with E-state index >= 15 is 0 Å². The van der Waals surface area contributed by atoms with E-state index in [1.54, 1.807) is 19.1 Å². The Kier molecular flexibility index (Phi) is 4.30. The van der Waals surface area contributed by atoms with Crippen molar-refractivity contribution < 1.29 is 22.7 Å². The first-order valence-electron chi connectivity index (χ1n) is 4.49. The van der Waals surface area contributed by atoms with Crippen molar-refractivity contribution in [3.8, 4) is 5.75 Å². The predicted molar refractivity (Wildman–Crippen MR) is 57.3 cm³/mol. The van der Waals surface area contributed by atoms with Gasteiger partial charge in [-0.25, -0.2) is 13.2 Å². The van der Waals surface area contributed by atoms with Crippen LogP contribution in [0.5, 0.6) is 5.75 Å². The van der Waals surface area contributed by atoms with Gasteiger partial charge >= 0.3 is 5.97 Å². The van der Waals surface area contributed by atoms with Gasteiger partial charge in [-0.3, -0.25) is 0 Å². The highest BCUT2D eigenvalue weighted by Gasteiger charge is 2.08. The normalized spacial score (nSPS) is 10.2. The van der Waals surface area contributed by atoms with Crippen LogP contribution in [-0.2, 0) is 20.2 Å². The van der Waals surface area contributed by atoms with Gasteiger partial charge in [-0.1, -0.05) is 6.07 Å². The lowest BCUT2D eigenvalue weighted by Gasteiger charge is -2.07. The molecular formula is C10H12O5S. The summed E-state index contributed by atoms with van der Waals surface area (Å²) in [6, 6.07) is 4.66. The quantitative estimate of drug-likeness (QED) is 0.617. The Hall–Kier alpha value is -1.56. The molecule has 0 bridgehead atoms. The minimum Gasteiger partial charge on any atom is -0.481 e. The summed E-state index contributed by atoms with van der Waals surface area (Å²) in [7, 11) is -1.51. The van der Waals surface area contributed by atoms with Crippen molar-refractivity contribution in [1.29, 1.82) is 0 Å². The molecule has 0 N–H and O–H groups in total. The van der Waals surface area contributed by atoms with E-state index in [4.69, 9.17) is 4.74 Å². The average Bonchev–Trinajstić information content (AvgIpc) is 2.25. The summed E-state index contributed by atoms with van der Waals surface area (Å²) in [5.74, 6) is -0.393. The van der Waals surface area contributed by atoms with E-state index in [-0.39, 0.29) is 17.3 Å². The van der Waals surface area contributed by atoms with Crippen molar-refractivity contribution in [2.45, 2.75) is 11.8 Å². The number of rotatable bonds is 4. The molecule has 88 valence electrons. The zero-order chi connectivity index (χ0) is 12.1. The van der Waals surface area contributed by atoms with Crippen molar-refractivity contribution in [2.24, 2.45) is 0 Å². The van der Waals surface area contributed by atoms with E-state index in [1.807, 2.05) is 0 Å². The predicted octanol–water partition coefficient (Wildman–Crippen LogP) is 0.517. The molecule has 0 aliphatic carbocycles.